The number of imidazole rings is 1. The number of fused-ring (bicyclic) bond motifs is 2. The van der Waals surface area contributed by atoms with Gasteiger partial charge in [-0.3, -0.25) is 9.69 Å². The van der Waals surface area contributed by atoms with Crippen LogP contribution in [0.2, 0.25) is 0 Å². The smallest absolute Gasteiger partial charge is 0.251 e. The van der Waals surface area contributed by atoms with E-state index < -0.39 is 0 Å². The minimum Gasteiger partial charge on any atom is -0.492 e. The molecule has 2 aliphatic heterocycles. The van der Waals surface area contributed by atoms with Crippen molar-refractivity contribution in [1.29, 1.82) is 0 Å². The molecule has 4 heterocycles. The van der Waals surface area contributed by atoms with E-state index in [1.54, 1.807) is 36.4 Å². The summed E-state index contributed by atoms with van der Waals surface area (Å²) >= 11 is 0. The number of methoxy groups -OCH3 is 1. The molecule has 0 bridgehead atoms. The van der Waals surface area contributed by atoms with Gasteiger partial charge < -0.3 is 24.5 Å². The highest BCUT2D eigenvalue weighted by atomic mass is 16.7. The molecule has 6 rings (SSSR count). The van der Waals surface area contributed by atoms with Crippen LogP contribution < -0.4 is 19.5 Å². The standard InChI is InChI=1S/C25H26N8O4/c1-32-9-7-15-11-19-22(37-14-36-19)23(35-2)20(15)21(32)24-29-30-31-33(24)18-5-3-4-16(10-18)25(34)27-8-6-17-12-26-13-28-17/h3-5,10-13,21H,6-9,14H2,1-2H3,(H,26,28)(H,27,34)/t21-/m1/s1. The minimum atomic E-state index is -0.296. The van der Waals surface area contributed by atoms with E-state index in [-0.39, 0.29) is 18.7 Å². The quantitative estimate of drug-likeness (QED) is 0.387. The van der Waals surface area contributed by atoms with Crippen molar-refractivity contribution in [2.75, 3.05) is 34.0 Å². The van der Waals surface area contributed by atoms with Gasteiger partial charge in [0.05, 0.1) is 19.1 Å². The fourth-order valence-corrected chi connectivity index (χ4v) is 4.92. The van der Waals surface area contributed by atoms with Crippen LogP contribution >= 0.6 is 0 Å². The first kappa shape index (κ1) is 23.0. The van der Waals surface area contributed by atoms with Crippen molar-refractivity contribution < 1.29 is 19.0 Å². The van der Waals surface area contributed by atoms with Gasteiger partial charge in [-0.05, 0) is 53.7 Å². The Balaban J connectivity index is 1.32. The number of hydrogen-bond acceptors (Lipinski definition) is 9. The number of hydrogen-bond donors (Lipinski definition) is 2. The highest BCUT2D eigenvalue weighted by molar-refractivity contribution is 5.94. The largest absolute Gasteiger partial charge is 0.492 e. The van der Waals surface area contributed by atoms with Crippen LogP contribution in [0.3, 0.4) is 0 Å². The normalized spacial score (nSPS) is 16.4. The Morgan fingerprint density at radius 3 is 3.05 bits per heavy atom. The fourth-order valence-electron chi connectivity index (χ4n) is 4.92. The second-order valence-electron chi connectivity index (χ2n) is 8.93. The molecule has 12 heteroatoms. The molecule has 0 radical (unpaired) electrons. The molecule has 190 valence electrons. The number of amides is 1. The maximum atomic E-state index is 12.8. The van der Waals surface area contributed by atoms with E-state index in [2.05, 4.69) is 35.7 Å². The number of aromatic nitrogens is 6. The summed E-state index contributed by atoms with van der Waals surface area (Å²) in [5, 5.41) is 15.6. The van der Waals surface area contributed by atoms with Crippen molar-refractivity contribution in [3.63, 3.8) is 0 Å². The molecule has 0 saturated heterocycles. The van der Waals surface area contributed by atoms with Crippen LogP contribution in [0.15, 0.2) is 42.9 Å². The average molecular weight is 503 g/mol. The molecular formula is C25H26N8O4. The summed E-state index contributed by atoms with van der Waals surface area (Å²) in [7, 11) is 3.65. The Morgan fingerprint density at radius 2 is 2.22 bits per heavy atom. The Bertz CT molecular complexity index is 1430. The molecule has 2 N–H and O–H groups in total. The highest BCUT2D eigenvalue weighted by Crippen LogP contribution is 2.50. The number of nitrogens with zero attached hydrogens (tertiary/aromatic N) is 6. The van der Waals surface area contributed by atoms with Crippen LogP contribution in [-0.4, -0.2) is 75.0 Å². The molecule has 0 saturated carbocycles. The highest BCUT2D eigenvalue weighted by Gasteiger charge is 2.37. The molecule has 37 heavy (non-hydrogen) atoms. The first-order valence-corrected chi connectivity index (χ1v) is 12.0. The molecule has 1 atom stereocenters. The van der Waals surface area contributed by atoms with Crippen LogP contribution in [0.4, 0.5) is 0 Å². The van der Waals surface area contributed by atoms with Gasteiger partial charge in [0, 0.05) is 42.5 Å². The lowest BCUT2D eigenvalue weighted by Crippen LogP contribution is -2.35. The number of rotatable bonds is 7. The summed E-state index contributed by atoms with van der Waals surface area (Å²) in [6, 6.07) is 8.97. The van der Waals surface area contributed by atoms with Crippen molar-refractivity contribution in [3.05, 3.63) is 71.1 Å². The third kappa shape index (κ3) is 4.14. The summed E-state index contributed by atoms with van der Waals surface area (Å²) in [5.74, 6) is 2.34. The molecule has 2 aromatic heterocycles. The molecule has 1 amide bonds. The molecule has 2 aliphatic rings. The molecule has 0 unspecified atom stereocenters. The number of benzene rings is 2. The lowest BCUT2D eigenvalue weighted by molar-refractivity contribution is 0.0954. The topological polar surface area (TPSA) is 132 Å². The zero-order valence-electron chi connectivity index (χ0n) is 20.5. The first-order valence-electron chi connectivity index (χ1n) is 12.0. The van der Waals surface area contributed by atoms with E-state index in [0.29, 0.717) is 47.3 Å². The molecule has 0 fully saturated rings. The average Bonchev–Trinajstić information content (AvgIpc) is 3.69. The Kier molecular flexibility index (Phi) is 5.93. The van der Waals surface area contributed by atoms with Crippen LogP contribution in [0, 0.1) is 0 Å². The van der Waals surface area contributed by atoms with E-state index in [0.717, 1.165) is 29.8 Å². The van der Waals surface area contributed by atoms with Crippen molar-refractivity contribution in [3.8, 4) is 22.9 Å². The molecular weight excluding hydrogens is 476 g/mol. The number of aromatic amines is 1. The number of likely N-dealkylation sites (N-methyl/N-ethyl adjacent to an activating group) is 1. The number of H-pyrrole nitrogens is 1. The maximum Gasteiger partial charge on any atom is 0.251 e. The van der Waals surface area contributed by atoms with Gasteiger partial charge in [-0.25, -0.2) is 4.98 Å². The Morgan fingerprint density at radius 1 is 1.30 bits per heavy atom. The van der Waals surface area contributed by atoms with Crippen molar-refractivity contribution in [2.45, 2.75) is 18.9 Å². The zero-order chi connectivity index (χ0) is 25.4. The van der Waals surface area contributed by atoms with Crippen LogP contribution in [0.25, 0.3) is 5.69 Å². The van der Waals surface area contributed by atoms with Crippen LogP contribution in [0.1, 0.15) is 39.0 Å². The third-order valence-corrected chi connectivity index (χ3v) is 6.72. The maximum absolute atomic E-state index is 12.8. The van der Waals surface area contributed by atoms with E-state index in [1.807, 2.05) is 25.2 Å². The molecule has 2 aromatic carbocycles. The van der Waals surface area contributed by atoms with E-state index in [4.69, 9.17) is 14.2 Å². The summed E-state index contributed by atoms with van der Waals surface area (Å²) in [4.78, 5) is 22.1. The fraction of sp³-hybridized carbons (Fsp3) is 0.320. The van der Waals surface area contributed by atoms with E-state index in [9.17, 15) is 4.79 Å². The molecule has 4 aromatic rings. The lowest BCUT2D eigenvalue weighted by atomic mass is 9.90. The van der Waals surface area contributed by atoms with Gasteiger partial charge in [0.15, 0.2) is 17.3 Å². The summed E-state index contributed by atoms with van der Waals surface area (Å²) in [6.45, 7) is 1.44. The second kappa shape index (κ2) is 9.54. The monoisotopic (exact) mass is 502 g/mol. The number of carbonyl (C=O) groups is 1. The molecule has 0 aliphatic carbocycles. The third-order valence-electron chi connectivity index (χ3n) is 6.72. The first-order chi connectivity index (χ1) is 18.1. The van der Waals surface area contributed by atoms with Crippen molar-refractivity contribution >= 4 is 5.91 Å². The van der Waals surface area contributed by atoms with Gasteiger partial charge in [-0.15, -0.1) is 5.10 Å². The van der Waals surface area contributed by atoms with Gasteiger partial charge in [0.2, 0.25) is 12.5 Å². The Hall–Kier alpha value is -4.45. The van der Waals surface area contributed by atoms with Crippen LogP contribution in [0.5, 0.6) is 17.2 Å². The number of nitrogens with one attached hydrogen (secondary N) is 2. The van der Waals surface area contributed by atoms with E-state index in [1.165, 1.54) is 0 Å². The SMILES string of the molecule is COc1c2c(cc3c1[C@H](c1nnnn1-c1cccc(C(=O)NCCc4cnc[nH]4)c1)N(C)CC3)OCO2. The summed E-state index contributed by atoms with van der Waals surface area (Å²) in [6.07, 6.45) is 4.85. The van der Waals surface area contributed by atoms with Crippen molar-refractivity contribution in [1.82, 2.24) is 40.4 Å². The second-order valence-corrected chi connectivity index (χ2v) is 8.93. The number of ether oxygens (including phenoxy) is 3. The molecule has 0 spiro atoms. The van der Waals surface area contributed by atoms with Gasteiger partial charge in [-0.2, -0.15) is 4.68 Å². The number of carbonyl (C=O) groups excluding carboxylic acids is 1. The van der Waals surface area contributed by atoms with Gasteiger partial charge in [-0.1, -0.05) is 6.07 Å². The van der Waals surface area contributed by atoms with Crippen molar-refractivity contribution in [2.24, 2.45) is 0 Å². The molecule has 12 nitrogen and oxygen atoms in total. The van der Waals surface area contributed by atoms with Gasteiger partial charge >= 0.3 is 0 Å². The van der Waals surface area contributed by atoms with Crippen LogP contribution in [-0.2, 0) is 12.8 Å². The number of tetrazole rings is 1. The van der Waals surface area contributed by atoms with E-state index >= 15 is 0 Å². The predicted octanol–water partition coefficient (Wildman–Crippen LogP) is 1.67. The Labute approximate surface area is 212 Å². The summed E-state index contributed by atoms with van der Waals surface area (Å²) in [5.41, 5.74) is 4.21. The van der Waals surface area contributed by atoms with Gasteiger partial charge in [0.25, 0.3) is 5.91 Å². The zero-order valence-corrected chi connectivity index (χ0v) is 20.5. The summed E-state index contributed by atoms with van der Waals surface area (Å²) < 4.78 is 18.9. The predicted molar refractivity (Wildman–Crippen MR) is 131 cm³/mol. The lowest BCUT2D eigenvalue weighted by Gasteiger charge is -2.34. The minimum absolute atomic E-state index is 0.156. The van der Waals surface area contributed by atoms with Gasteiger partial charge in [0.1, 0.15) is 6.04 Å².